The van der Waals surface area contributed by atoms with E-state index in [0.717, 1.165) is 0 Å². The topological polar surface area (TPSA) is 177 Å². The molecule has 14 atom stereocenters. The van der Waals surface area contributed by atoms with Crippen molar-refractivity contribution >= 4 is 23.5 Å². The van der Waals surface area contributed by atoms with E-state index in [4.69, 9.17) is 33.2 Å². The molecule has 1 aromatic rings. The maximum absolute atomic E-state index is 14.2. The molecule has 0 aromatic heterocycles. The molecule has 0 unspecified atom stereocenters. The van der Waals surface area contributed by atoms with Gasteiger partial charge in [-0.1, -0.05) is 39.8 Å². The molecule has 322 valence electrons. The summed E-state index contributed by atoms with van der Waals surface area (Å²) in [6.07, 6.45) is -3.91. The number of rotatable bonds is 12. The van der Waals surface area contributed by atoms with Crippen LogP contribution in [0.15, 0.2) is 36.6 Å². The number of allylic oxidation sites excluding steroid dienone is 1. The summed E-state index contributed by atoms with van der Waals surface area (Å²) in [4.78, 5) is 55.9. The molecule has 0 radical (unpaired) electrons. The highest BCUT2D eigenvalue weighted by Crippen LogP contribution is 2.40. The number of carbonyl (C=O) groups excluding carboxylic acids is 4. The Morgan fingerprint density at radius 3 is 2.18 bits per heavy atom. The van der Waals surface area contributed by atoms with Crippen LogP contribution in [0.1, 0.15) is 87.1 Å². The number of carbonyl (C=O) groups is 4. The molecule has 0 amide bonds. The first-order chi connectivity index (χ1) is 26.6. The van der Waals surface area contributed by atoms with E-state index in [9.17, 15) is 29.4 Å². The van der Waals surface area contributed by atoms with Gasteiger partial charge in [-0.3, -0.25) is 19.2 Å². The van der Waals surface area contributed by atoms with Gasteiger partial charge < -0.3 is 48.3 Å². The molecule has 2 fully saturated rings. The van der Waals surface area contributed by atoms with Gasteiger partial charge in [0, 0.05) is 30.9 Å². The summed E-state index contributed by atoms with van der Waals surface area (Å²) < 4.78 is 43.4. The average Bonchev–Trinajstić information content (AvgIpc) is 3.16. The van der Waals surface area contributed by atoms with E-state index in [0.29, 0.717) is 17.7 Å². The zero-order valence-electron chi connectivity index (χ0n) is 36.1. The third kappa shape index (κ3) is 11.9. The molecule has 2 saturated heterocycles. The van der Waals surface area contributed by atoms with Crippen molar-refractivity contribution in [3.8, 4) is 5.75 Å². The molecular weight excluding hydrogens is 738 g/mol. The highest BCUT2D eigenvalue weighted by atomic mass is 16.7. The normalized spacial score (nSPS) is 37.3. The second kappa shape index (κ2) is 20.5. The van der Waals surface area contributed by atoms with E-state index in [1.54, 1.807) is 66.0 Å². The minimum Gasteiger partial charge on any atom is -0.497 e. The van der Waals surface area contributed by atoms with Crippen LogP contribution in [0.2, 0.25) is 0 Å². The summed E-state index contributed by atoms with van der Waals surface area (Å²) in [5.41, 5.74) is -2.68. The number of hydrogen-bond acceptors (Lipinski definition) is 14. The van der Waals surface area contributed by atoms with Gasteiger partial charge in [0.2, 0.25) is 0 Å². The van der Waals surface area contributed by atoms with E-state index in [-0.39, 0.29) is 43.0 Å². The molecule has 2 heterocycles. The van der Waals surface area contributed by atoms with Crippen molar-refractivity contribution in [2.75, 3.05) is 28.3 Å². The zero-order chi connectivity index (χ0) is 43.0. The fourth-order valence-electron chi connectivity index (χ4n) is 8.24. The van der Waals surface area contributed by atoms with Crippen LogP contribution in [0.25, 0.3) is 0 Å². The number of cyclic esters (lactones) is 1. The number of nitrogens with zero attached hydrogens (tertiary/aromatic N) is 1. The van der Waals surface area contributed by atoms with Gasteiger partial charge in [-0.15, -0.1) is 0 Å². The number of hydrogen-bond donors (Lipinski definition) is 2. The molecule has 2 aliphatic rings. The number of likely N-dealkylation sites (N-methyl/N-ethyl adjacent to an activating group) is 1. The third-order valence-corrected chi connectivity index (χ3v) is 11.8. The number of aliphatic hydroxyl groups excluding tert-OH is 1. The maximum Gasteiger partial charge on any atom is 0.312 e. The Morgan fingerprint density at radius 2 is 1.63 bits per heavy atom. The third-order valence-electron chi connectivity index (χ3n) is 11.8. The summed E-state index contributed by atoms with van der Waals surface area (Å²) in [6, 6.07) is 6.71. The largest absolute Gasteiger partial charge is 0.497 e. The molecule has 1 aromatic carbocycles. The molecular formula is C43H67NO13. The number of esters is 2. The van der Waals surface area contributed by atoms with Gasteiger partial charge in [-0.05, 0) is 85.7 Å². The zero-order valence-corrected chi connectivity index (χ0v) is 36.1. The van der Waals surface area contributed by atoms with Crippen molar-refractivity contribution in [1.29, 1.82) is 0 Å². The number of ketones is 2. The lowest BCUT2D eigenvalue weighted by Gasteiger charge is -2.49. The van der Waals surface area contributed by atoms with Gasteiger partial charge in [0.05, 0.1) is 55.7 Å². The molecule has 3 rings (SSSR count). The van der Waals surface area contributed by atoms with E-state index in [1.165, 1.54) is 40.2 Å². The van der Waals surface area contributed by atoms with Crippen molar-refractivity contribution in [2.45, 2.75) is 148 Å². The van der Waals surface area contributed by atoms with Crippen molar-refractivity contribution in [1.82, 2.24) is 4.90 Å². The standard InChI is InChI=1S/C43H67NO13/c1-14-33-43(9,50)38(48)27(5)35(47)24(2)23-42(8,52-13)39(57-41-37(53-20-19-25(3)45)32(44(10)11)21-26(4)54-41)28(6)36(29(7)40(49)55-33)56-34(46)22-30-15-17-31(51-12)18-16-30/h15-20,24,26-29,32-33,36-39,41,48,50H,14,21-23H2,1-13H3/t24-,26-,27+,28+,29-,32+,33-,36+,37-,38-,39-,41+,42+,43-/m1/s1. The first kappa shape index (κ1) is 48.0. The van der Waals surface area contributed by atoms with Crippen LogP contribution in [0.3, 0.4) is 0 Å². The molecule has 14 nitrogen and oxygen atoms in total. The quantitative estimate of drug-likeness (QED) is 0.172. The monoisotopic (exact) mass is 805 g/mol. The van der Waals surface area contributed by atoms with Crippen LogP contribution in [-0.4, -0.2) is 127 Å². The van der Waals surface area contributed by atoms with Crippen molar-refractivity contribution in [3.05, 3.63) is 42.2 Å². The second-order valence-corrected chi connectivity index (χ2v) is 16.6. The van der Waals surface area contributed by atoms with Crippen molar-refractivity contribution in [2.24, 2.45) is 23.7 Å². The van der Waals surface area contributed by atoms with Gasteiger partial charge in [-0.2, -0.15) is 0 Å². The molecule has 2 aliphatic heterocycles. The Balaban J connectivity index is 2.24. The number of methoxy groups -OCH3 is 2. The van der Waals surface area contributed by atoms with E-state index < -0.39 is 83.6 Å². The Labute approximate surface area is 338 Å². The van der Waals surface area contributed by atoms with E-state index in [2.05, 4.69) is 0 Å². The van der Waals surface area contributed by atoms with E-state index in [1.807, 2.05) is 25.9 Å². The molecule has 14 heteroatoms. The van der Waals surface area contributed by atoms with Gasteiger partial charge in [0.15, 0.2) is 18.2 Å². The van der Waals surface area contributed by atoms with Gasteiger partial charge in [0.1, 0.15) is 29.3 Å². The highest BCUT2D eigenvalue weighted by molar-refractivity contribution is 5.86. The summed E-state index contributed by atoms with van der Waals surface area (Å²) in [7, 11) is 6.84. The fourth-order valence-corrected chi connectivity index (χ4v) is 8.24. The summed E-state index contributed by atoms with van der Waals surface area (Å²) in [6.45, 7) is 14.7. The van der Waals surface area contributed by atoms with Crippen molar-refractivity contribution in [3.63, 3.8) is 0 Å². The molecule has 0 bridgehead atoms. The minimum absolute atomic E-state index is 0.0637. The van der Waals surface area contributed by atoms with Crippen LogP contribution in [0.4, 0.5) is 0 Å². The first-order valence-corrected chi connectivity index (χ1v) is 19.9. The lowest BCUT2D eigenvalue weighted by Crippen LogP contribution is -2.61. The number of ether oxygens (including phenoxy) is 7. The summed E-state index contributed by atoms with van der Waals surface area (Å²) >= 11 is 0. The lowest BCUT2D eigenvalue weighted by atomic mass is 9.74. The van der Waals surface area contributed by atoms with Gasteiger partial charge >= 0.3 is 11.9 Å². The molecule has 0 spiro atoms. The predicted molar refractivity (Wildman–Crippen MR) is 211 cm³/mol. The number of aliphatic hydroxyl groups is 2. The van der Waals surface area contributed by atoms with Gasteiger partial charge in [-0.25, -0.2) is 0 Å². The van der Waals surface area contributed by atoms with Crippen LogP contribution >= 0.6 is 0 Å². The molecule has 0 aliphatic carbocycles. The van der Waals surface area contributed by atoms with Crippen LogP contribution < -0.4 is 4.74 Å². The molecule has 2 N–H and O–H groups in total. The van der Waals surface area contributed by atoms with Crippen LogP contribution in [0, 0.1) is 23.7 Å². The Hall–Kier alpha value is -3.40. The van der Waals surface area contributed by atoms with Crippen molar-refractivity contribution < 1.29 is 62.5 Å². The number of Topliss-reactive ketones (excluding diaryl/α,β-unsaturated/α-hetero) is 1. The second-order valence-electron chi connectivity index (χ2n) is 16.6. The molecule has 57 heavy (non-hydrogen) atoms. The summed E-state index contributed by atoms with van der Waals surface area (Å²) in [5.74, 6) is -5.12. The molecule has 0 saturated carbocycles. The van der Waals surface area contributed by atoms with Crippen LogP contribution in [0.5, 0.6) is 5.75 Å². The minimum atomic E-state index is -2.00. The highest BCUT2D eigenvalue weighted by Gasteiger charge is 2.53. The Morgan fingerprint density at radius 1 is 1.00 bits per heavy atom. The Kier molecular flexibility index (Phi) is 17.3. The summed E-state index contributed by atoms with van der Waals surface area (Å²) in [5, 5.41) is 23.1. The predicted octanol–water partition coefficient (Wildman–Crippen LogP) is 4.44. The SMILES string of the molecule is CC[C@H]1OC(=O)[C@H](C)[C@@H](OC(=O)Cc2ccc(OC)cc2)[C@H](C)[C@@H](O[C@@H]2O[C@H](C)C[C@H](N(C)C)[C@H]2OC=CC(C)=O)[C@@](C)(OC)C[C@@H](C)C(=O)[C@H](C)[C@@H](O)[C@]1(C)O. The first-order valence-electron chi connectivity index (χ1n) is 19.9. The smallest absolute Gasteiger partial charge is 0.312 e. The van der Waals surface area contributed by atoms with E-state index >= 15 is 0 Å². The Bertz CT molecular complexity index is 1530. The number of benzene rings is 1. The van der Waals surface area contributed by atoms with Crippen LogP contribution in [-0.2, 0) is 54.0 Å². The average molecular weight is 806 g/mol. The fraction of sp³-hybridized carbons (Fsp3) is 0.721. The maximum atomic E-state index is 14.2. The lowest BCUT2D eigenvalue weighted by molar-refractivity contribution is -0.302. The van der Waals surface area contributed by atoms with Gasteiger partial charge in [0.25, 0.3) is 0 Å².